The molecule has 3 heterocycles. The number of aryl methyl sites for hydroxylation is 1. The number of amides is 1. The minimum atomic E-state index is -0.862. The third kappa shape index (κ3) is 4.48. The molecule has 12 heteroatoms. The maximum Gasteiger partial charge on any atom is 0.412 e. The fourth-order valence-electron chi connectivity index (χ4n) is 3.52. The van der Waals surface area contributed by atoms with Gasteiger partial charge >= 0.3 is 12.1 Å². The predicted molar refractivity (Wildman–Crippen MR) is 131 cm³/mol. The Bertz CT molecular complexity index is 1490. The van der Waals surface area contributed by atoms with Crippen molar-refractivity contribution in [1.29, 1.82) is 0 Å². The van der Waals surface area contributed by atoms with Gasteiger partial charge in [-0.25, -0.2) is 14.8 Å². The van der Waals surface area contributed by atoms with E-state index in [2.05, 4.69) is 32.3 Å². The lowest BCUT2D eigenvalue weighted by molar-refractivity contribution is -0.140. The number of halogens is 1. The summed E-state index contributed by atoms with van der Waals surface area (Å²) in [4.78, 5) is 32.8. The molecule has 1 saturated carbocycles. The summed E-state index contributed by atoms with van der Waals surface area (Å²) in [7, 11) is 0. The first-order valence-corrected chi connectivity index (χ1v) is 12.5. The number of hydrogen-bond donors (Lipinski definition) is 2. The first-order valence-electron chi connectivity index (χ1n) is 10.5. The number of nitrogens with zero attached hydrogens (tertiary/aromatic N) is 3. The van der Waals surface area contributed by atoms with Gasteiger partial charge in [-0.2, -0.15) is 0 Å². The highest BCUT2D eigenvalue weighted by Crippen LogP contribution is 2.51. The van der Waals surface area contributed by atoms with Crippen LogP contribution in [0.2, 0.25) is 5.15 Å². The number of carboxylic acid groups (broad SMARTS) is 1. The lowest BCUT2D eigenvalue weighted by Crippen LogP contribution is -2.18. The number of nitrogens with one attached hydrogen (secondary N) is 1. The van der Waals surface area contributed by atoms with Crippen LogP contribution in [0, 0.1) is 18.8 Å². The molecule has 3 aromatic heterocycles. The second-order valence-corrected chi connectivity index (χ2v) is 10.6. The van der Waals surface area contributed by atoms with Crippen molar-refractivity contribution < 1.29 is 24.0 Å². The summed E-state index contributed by atoms with van der Waals surface area (Å²) in [6.07, 6.45) is -0.0396. The number of aromatic nitrogens is 3. The van der Waals surface area contributed by atoms with Crippen LogP contribution in [0.5, 0.6) is 0 Å². The van der Waals surface area contributed by atoms with Crippen molar-refractivity contribution in [1.82, 2.24) is 15.1 Å². The smallest absolute Gasteiger partial charge is 0.412 e. The zero-order chi connectivity index (χ0) is 24.7. The van der Waals surface area contributed by atoms with Gasteiger partial charge in [0.1, 0.15) is 26.2 Å². The standard InChI is InChI=1S/C23H17ClN4O5S2/c1-11-5-3-4-6-13(11)12(2)32-22(31)26-16-14(33-28-17(16)24)7-8-15-25-18-19(34-15)35-20(27-18)23(9-10-23)21(29)30/h3-6,12H,9-10H2,1-2H3,(H,26,31)(H,29,30). The highest BCUT2D eigenvalue weighted by atomic mass is 35.5. The summed E-state index contributed by atoms with van der Waals surface area (Å²) in [5, 5.41) is 16.6. The van der Waals surface area contributed by atoms with E-state index in [4.69, 9.17) is 20.9 Å². The maximum absolute atomic E-state index is 12.5. The molecule has 2 N–H and O–H groups in total. The van der Waals surface area contributed by atoms with Gasteiger partial charge in [-0.3, -0.25) is 10.1 Å². The number of fused-ring (bicyclic) bond motifs is 1. The van der Waals surface area contributed by atoms with Crippen molar-refractivity contribution in [3.63, 3.8) is 0 Å². The molecule has 0 spiro atoms. The molecule has 1 aromatic carbocycles. The van der Waals surface area contributed by atoms with Gasteiger partial charge in [-0.1, -0.05) is 52.4 Å². The summed E-state index contributed by atoms with van der Waals surface area (Å²) in [5.74, 6) is 4.82. The Morgan fingerprint density at radius 2 is 2.03 bits per heavy atom. The Hall–Kier alpha value is -3.46. The topological polar surface area (TPSA) is 127 Å². The molecule has 0 aliphatic heterocycles. The maximum atomic E-state index is 12.5. The molecule has 35 heavy (non-hydrogen) atoms. The molecule has 1 fully saturated rings. The third-order valence-electron chi connectivity index (χ3n) is 5.62. The van der Waals surface area contributed by atoms with E-state index in [9.17, 15) is 14.7 Å². The molecule has 0 saturated heterocycles. The van der Waals surface area contributed by atoms with Crippen LogP contribution < -0.4 is 5.32 Å². The van der Waals surface area contributed by atoms with Crippen LogP contribution in [-0.2, 0) is 14.9 Å². The number of carbonyl (C=O) groups is 2. The fraction of sp³-hybridized carbons (Fsp3) is 0.261. The average molecular weight is 529 g/mol. The van der Waals surface area contributed by atoms with Crippen LogP contribution in [0.15, 0.2) is 28.8 Å². The van der Waals surface area contributed by atoms with Crippen molar-refractivity contribution >= 4 is 61.7 Å². The molecule has 0 radical (unpaired) electrons. The molecule has 178 valence electrons. The van der Waals surface area contributed by atoms with Crippen LogP contribution in [0.25, 0.3) is 9.66 Å². The van der Waals surface area contributed by atoms with Crippen LogP contribution >= 0.6 is 34.3 Å². The number of carbonyl (C=O) groups excluding carboxylic acids is 1. The lowest BCUT2D eigenvalue weighted by atomic mass is 10.1. The minimum absolute atomic E-state index is 0.0468. The third-order valence-corrected chi connectivity index (χ3v) is 8.17. The summed E-state index contributed by atoms with van der Waals surface area (Å²) in [6.45, 7) is 3.71. The Labute approximate surface area is 212 Å². The van der Waals surface area contributed by atoms with Crippen molar-refractivity contribution in [2.24, 2.45) is 0 Å². The number of benzene rings is 1. The van der Waals surface area contributed by atoms with E-state index in [1.807, 2.05) is 31.2 Å². The number of aliphatic carboxylic acids is 1. The van der Waals surface area contributed by atoms with Gasteiger partial charge in [0.2, 0.25) is 5.76 Å². The number of carboxylic acids is 1. The highest BCUT2D eigenvalue weighted by Gasteiger charge is 2.54. The molecule has 4 aromatic rings. The van der Waals surface area contributed by atoms with Gasteiger partial charge in [0.05, 0.1) is 0 Å². The number of thiazole rings is 2. The summed E-state index contributed by atoms with van der Waals surface area (Å²) >= 11 is 8.70. The number of anilines is 1. The molecule has 1 amide bonds. The Morgan fingerprint density at radius 3 is 2.71 bits per heavy atom. The van der Waals surface area contributed by atoms with Gasteiger partial charge in [0, 0.05) is 0 Å². The Morgan fingerprint density at radius 1 is 1.26 bits per heavy atom. The number of rotatable bonds is 5. The summed E-state index contributed by atoms with van der Waals surface area (Å²) in [5.41, 5.74) is 1.59. The Kier molecular flexibility index (Phi) is 5.96. The summed E-state index contributed by atoms with van der Waals surface area (Å²) in [6, 6.07) is 7.61. The average Bonchev–Trinajstić information content (AvgIpc) is 3.25. The first kappa shape index (κ1) is 23.3. The van der Waals surface area contributed by atoms with Gasteiger partial charge in [0.25, 0.3) is 0 Å². The molecular weight excluding hydrogens is 512 g/mol. The van der Waals surface area contributed by atoms with E-state index in [1.165, 1.54) is 22.7 Å². The lowest BCUT2D eigenvalue weighted by Gasteiger charge is -2.15. The quantitative estimate of drug-likeness (QED) is 0.324. The monoisotopic (exact) mass is 528 g/mol. The zero-order valence-corrected chi connectivity index (χ0v) is 20.8. The van der Waals surface area contributed by atoms with Gasteiger partial charge in [0.15, 0.2) is 15.8 Å². The van der Waals surface area contributed by atoms with E-state index in [0.717, 1.165) is 15.1 Å². The Balaban J connectivity index is 1.30. The molecule has 9 nitrogen and oxygen atoms in total. The summed E-state index contributed by atoms with van der Waals surface area (Å²) < 4.78 is 11.4. The minimum Gasteiger partial charge on any atom is -0.481 e. The van der Waals surface area contributed by atoms with E-state index in [0.29, 0.717) is 28.5 Å². The van der Waals surface area contributed by atoms with Crippen molar-refractivity contribution in [3.05, 3.63) is 56.3 Å². The zero-order valence-electron chi connectivity index (χ0n) is 18.4. The molecule has 1 aliphatic carbocycles. The van der Waals surface area contributed by atoms with Crippen molar-refractivity contribution in [2.75, 3.05) is 5.32 Å². The number of ether oxygens (including phenoxy) is 1. The second kappa shape index (κ2) is 8.96. The van der Waals surface area contributed by atoms with Gasteiger partial charge in [-0.05, 0) is 49.7 Å². The van der Waals surface area contributed by atoms with Crippen molar-refractivity contribution in [2.45, 2.75) is 38.2 Å². The van der Waals surface area contributed by atoms with Crippen LogP contribution in [0.1, 0.15) is 52.8 Å². The van der Waals surface area contributed by atoms with Gasteiger partial charge < -0.3 is 14.4 Å². The molecule has 1 unspecified atom stereocenters. The predicted octanol–water partition coefficient (Wildman–Crippen LogP) is 5.53. The normalized spacial score (nSPS) is 14.7. The van der Waals surface area contributed by atoms with Crippen LogP contribution in [0.4, 0.5) is 10.5 Å². The highest BCUT2D eigenvalue weighted by molar-refractivity contribution is 7.38. The van der Waals surface area contributed by atoms with Crippen molar-refractivity contribution in [3.8, 4) is 11.8 Å². The fourth-order valence-corrected chi connectivity index (χ4v) is 5.89. The van der Waals surface area contributed by atoms with Crippen LogP contribution in [-0.4, -0.2) is 32.3 Å². The van der Waals surface area contributed by atoms with Gasteiger partial charge in [-0.15, -0.1) is 11.3 Å². The van der Waals surface area contributed by atoms with E-state index < -0.39 is 23.6 Å². The molecule has 1 aliphatic rings. The molecule has 1 atom stereocenters. The number of hydrogen-bond acceptors (Lipinski definition) is 9. The van der Waals surface area contributed by atoms with E-state index in [-0.39, 0.29) is 16.6 Å². The van der Waals surface area contributed by atoms with E-state index in [1.54, 1.807) is 6.92 Å². The second-order valence-electron chi connectivity index (χ2n) is 7.99. The SMILES string of the molecule is Cc1ccccc1C(C)OC(=O)Nc1c(Cl)noc1C#Cc1nc2nc(C3(C(=O)O)CC3)sc2s1. The first-order chi connectivity index (χ1) is 16.8. The van der Waals surface area contributed by atoms with Crippen LogP contribution in [0.3, 0.4) is 0 Å². The van der Waals surface area contributed by atoms with E-state index >= 15 is 0 Å². The largest absolute Gasteiger partial charge is 0.481 e. The molecule has 0 bridgehead atoms. The molecular formula is C23H17ClN4O5S2. The molecule has 5 rings (SSSR count).